The molecule has 0 aromatic heterocycles. The number of nitrogens with two attached hydrogens (primary N) is 1. The Morgan fingerprint density at radius 3 is 2.08 bits per heavy atom. The average Bonchev–Trinajstić information content (AvgIpc) is 2.89. The molecule has 1 aliphatic heterocycles. The van der Waals surface area contributed by atoms with Crippen molar-refractivity contribution in [2.75, 3.05) is 6.54 Å². The number of nitrogens with zero attached hydrogens (tertiary/aromatic N) is 1. The van der Waals surface area contributed by atoms with E-state index in [2.05, 4.69) is 5.32 Å². The van der Waals surface area contributed by atoms with Crippen molar-refractivity contribution < 1.29 is 19.5 Å². The number of carbonyl (C=O) groups excluding carboxylic acids is 2. The molecule has 0 aromatic rings. The molecular formula is C17H31N3O4. The summed E-state index contributed by atoms with van der Waals surface area (Å²) in [5, 5.41) is 11.9. The topological polar surface area (TPSA) is 113 Å². The number of carboxylic acids is 1. The van der Waals surface area contributed by atoms with Crippen LogP contribution in [0.2, 0.25) is 0 Å². The largest absolute Gasteiger partial charge is 0.480 e. The first kappa shape index (κ1) is 20.4. The van der Waals surface area contributed by atoms with E-state index >= 15 is 0 Å². The maximum atomic E-state index is 12.6. The van der Waals surface area contributed by atoms with Crippen LogP contribution >= 0.6 is 0 Å². The zero-order valence-corrected chi connectivity index (χ0v) is 15.5. The summed E-state index contributed by atoms with van der Waals surface area (Å²) < 4.78 is 0. The third kappa shape index (κ3) is 4.69. The molecule has 7 heteroatoms. The van der Waals surface area contributed by atoms with Gasteiger partial charge in [-0.2, -0.15) is 0 Å². The van der Waals surface area contributed by atoms with Crippen LogP contribution in [0.15, 0.2) is 0 Å². The van der Waals surface area contributed by atoms with Crippen molar-refractivity contribution in [3.8, 4) is 0 Å². The SMILES string of the molecule is CC(C)(C)[C@H](N)C(=O)N1CCC[C@H]1C(=O)N[C@H](C(=O)O)C(C)(C)C. The number of hydrogen-bond donors (Lipinski definition) is 3. The first-order chi connectivity index (χ1) is 10.8. The molecule has 0 bridgehead atoms. The van der Waals surface area contributed by atoms with Gasteiger partial charge in [-0.25, -0.2) is 4.79 Å². The van der Waals surface area contributed by atoms with Gasteiger partial charge in [0.05, 0.1) is 6.04 Å². The van der Waals surface area contributed by atoms with Crippen LogP contribution in [0.25, 0.3) is 0 Å². The molecular weight excluding hydrogens is 310 g/mol. The van der Waals surface area contributed by atoms with E-state index in [1.165, 1.54) is 4.90 Å². The molecule has 1 aliphatic rings. The first-order valence-electron chi connectivity index (χ1n) is 8.36. The quantitative estimate of drug-likeness (QED) is 0.705. The van der Waals surface area contributed by atoms with E-state index < -0.39 is 40.8 Å². The van der Waals surface area contributed by atoms with E-state index in [9.17, 15) is 19.5 Å². The molecule has 24 heavy (non-hydrogen) atoms. The fourth-order valence-corrected chi connectivity index (χ4v) is 2.74. The second-order valence-corrected chi connectivity index (χ2v) is 8.68. The van der Waals surface area contributed by atoms with Gasteiger partial charge in [-0.05, 0) is 23.7 Å². The zero-order valence-electron chi connectivity index (χ0n) is 15.5. The van der Waals surface area contributed by atoms with Gasteiger partial charge >= 0.3 is 5.97 Å². The average molecular weight is 341 g/mol. The van der Waals surface area contributed by atoms with Crippen molar-refractivity contribution in [3.63, 3.8) is 0 Å². The minimum atomic E-state index is -1.09. The molecule has 1 rings (SSSR count). The summed E-state index contributed by atoms with van der Waals surface area (Å²) in [6.07, 6.45) is 1.22. The highest BCUT2D eigenvalue weighted by Gasteiger charge is 2.41. The van der Waals surface area contributed by atoms with Crippen molar-refractivity contribution in [1.82, 2.24) is 10.2 Å². The summed E-state index contributed by atoms with van der Waals surface area (Å²) in [6.45, 7) is 11.3. The smallest absolute Gasteiger partial charge is 0.326 e. The van der Waals surface area contributed by atoms with Gasteiger partial charge < -0.3 is 21.1 Å². The monoisotopic (exact) mass is 341 g/mol. The molecule has 1 fully saturated rings. The molecule has 0 aliphatic carbocycles. The Morgan fingerprint density at radius 2 is 1.67 bits per heavy atom. The van der Waals surface area contributed by atoms with Gasteiger partial charge in [0.25, 0.3) is 0 Å². The van der Waals surface area contributed by atoms with Crippen molar-refractivity contribution in [2.45, 2.75) is 72.5 Å². The number of nitrogens with one attached hydrogen (secondary N) is 1. The summed E-state index contributed by atoms with van der Waals surface area (Å²) in [4.78, 5) is 38.1. The molecule has 0 saturated carbocycles. The molecule has 0 spiro atoms. The molecule has 2 amide bonds. The summed E-state index contributed by atoms with van der Waals surface area (Å²) >= 11 is 0. The molecule has 3 atom stereocenters. The number of carboxylic acid groups (broad SMARTS) is 1. The van der Waals surface area contributed by atoms with Crippen LogP contribution < -0.4 is 11.1 Å². The van der Waals surface area contributed by atoms with E-state index in [1.54, 1.807) is 20.8 Å². The van der Waals surface area contributed by atoms with Crippen molar-refractivity contribution in [3.05, 3.63) is 0 Å². The molecule has 1 saturated heterocycles. The number of hydrogen-bond acceptors (Lipinski definition) is 4. The molecule has 4 N–H and O–H groups in total. The lowest BCUT2D eigenvalue weighted by Crippen LogP contribution is -2.58. The van der Waals surface area contributed by atoms with Gasteiger partial charge in [0.2, 0.25) is 11.8 Å². The van der Waals surface area contributed by atoms with Crippen LogP contribution in [0.1, 0.15) is 54.4 Å². The molecule has 0 aromatic carbocycles. The number of aliphatic carboxylic acids is 1. The van der Waals surface area contributed by atoms with Gasteiger partial charge in [0, 0.05) is 6.54 Å². The maximum Gasteiger partial charge on any atom is 0.326 e. The minimum Gasteiger partial charge on any atom is -0.480 e. The highest BCUT2D eigenvalue weighted by Crippen LogP contribution is 2.25. The Bertz CT molecular complexity index is 505. The van der Waals surface area contributed by atoms with Crippen molar-refractivity contribution in [2.24, 2.45) is 16.6 Å². The highest BCUT2D eigenvalue weighted by atomic mass is 16.4. The lowest BCUT2D eigenvalue weighted by Gasteiger charge is -2.34. The highest BCUT2D eigenvalue weighted by molar-refractivity contribution is 5.92. The molecule has 138 valence electrons. The van der Waals surface area contributed by atoms with Crippen molar-refractivity contribution >= 4 is 17.8 Å². The summed E-state index contributed by atoms with van der Waals surface area (Å²) in [7, 11) is 0. The standard InChI is InChI=1S/C17H31N3O4/c1-16(2,3)11(18)14(22)20-9-7-8-10(20)13(21)19-12(15(23)24)17(4,5)6/h10-12H,7-9,18H2,1-6H3,(H,19,21)(H,23,24)/t10-,11+,12+/m0/s1. The van der Waals surface area contributed by atoms with E-state index in [4.69, 9.17) is 5.73 Å². The van der Waals surface area contributed by atoms with E-state index in [1.807, 2.05) is 20.8 Å². The van der Waals surface area contributed by atoms with E-state index in [-0.39, 0.29) is 5.91 Å². The van der Waals surface area contributed by atoms with Crippen LogP contribution in [0.3, 0.4) is 0 Å². The summed E-state index contributed by atoms with van der Waals surface area (Å²) in [5.41, 5.74) is 5.00. The third-order valence-electron chi connectivity index (χ3n) is 4.44. The second-order valence-electron chi connectivity index (χ2n) is 8.68. The van der Waals surface area contributed by atoms with Gasteiger partial charge in [-0.3, -0.25) is 9.59 Å². The van der Waals surface area contributed by atoms with Crippen LogP contribution in [0.4, 0.5) is 0 Å². The van der Waals surface area contributed by atoms with Crippen LogP contribution in [-0.2, 0) is 14.4 Å². The Kier molecular flexibility index (Phi) is 6.03. The lowest BCUT2D eigenvalue weighted by molar-refractivity contribution is -0.147. The zero-order chi connectivity index (χ0) is 18.9. The van der Waals surface area contributed by atoms with Gasteiger partial charge in [-0.1, -0.05) is 41.5 Å². The van der Waals surface area contributed by atoms with Crippen molar-refractivity contribution in [1.29, 1.82) is 0 Å². The predicted molar refractivity (Wildman–Crippen MR) is 91.2 cm³/mol. The summed E-state index contributed by atoms with van der Waals surface area (Å²) in [5.74, 6) is -1.77. The summed E-state index contributed by atoms with van der Waals surface area (Å²) in [6, 6.07) is -2.38. The van der Waals surface area contributed by atoms with Gasteiger partial charge in [0.1, 0.15) is 12.1 Å². The molecule has 0 unspecified atom stereocenters. The number of rotatable bonds is 4. The Labute approximate surface area is 144 Å². The normalized spacial score (nSPS) is 21.3. The maximum absolute atomic E-state index is 12.6. The number of likely N-dealkylation sites (tertiary alicyclic amines) is 1. The molecule has 0 radical (unpaired) electrons. The number of amides is 2. The number of carbonyl (C=O) groups is 3. The Morgan fingerprint density at radius 1 is 1.12 bits per heavy atom. The third-order valence-corrected chi connectivity index (χ3v) is 4.44. The Hall–Kier alpha value is -1.63. The van der Waals surface area contributed by atoms with Gasteiger partial charge in [-0.15, -0.1) is 0 Å². The fraction of sp³-hybridized carbons (Fsp3) is 0.824. The van der Waals surface area contributed by atoms with E-state index in [0.29, 0.717) is 19.4 Å². The minimum absolute atomic E-state index is 0.261. The molecule has 7 nitrogen and oxygen atoms in total. The van der Waals surface area contributed by atoms with E-state index in [0.717, 1.165) is 0 Å². The van der Waals surface area contributed by atoms with Crippen LogP contribution in [0.5, 0.6) is 0 Å². The Balaban J connectivity index is 2.90. The first-order valence-corrected chi connectivity index (χ1v) is 8.36. The lowest BCUT2D eigenvalue weighted by atomic mass is 9.86. The predicted octanol–water partition coefficient (Wildman–Crippen LogP) is 0.966. The second kappa shape index (κ2) is 7.09. The molecule has 1 heterocycles. The fourth-order valence-electron chi connectivity index (χ4n) is 2.74. The van der Waals surface area contributed by atoms with Crippen LogP contribution in [0, 0.1) is 10.8 Å². The van der Waals surface area contributed by atoms with Gasteiger partial charge in [0.15, 0.2) is 0 Å². The van der Waals surface area contributed by atoms with Crippen LogP contribution in [-0.4, -0.2) is 52.5 Å².